The van der Waals surface area contributed by atoms with E-state index in [0.29, 0.717) is 22.9 Å². The van der Waals surface area contributed by atoms with Gasteiger partial charge in [0.05, 0.1) is 18.4 Å². The van der Waals surface area contributed by atoms with E-state index < -0.39 is 0 Å². The quantitative estimate of drug-likeness (QED) is 0.239. The lowest BCUT2D eigenvalue weighted by atomic mass is 9.86. The molecule has 0 saturated heterocycles. The molecule has 0 aliphatic heterocycles. The van der Waals surface area contributed by atoms with Crippen molar-refractivity contribution in [1.29, 1.82) is 5.41 Å². The molecule has 7 N–H and O–H groups in total. The highest BCUT2D eigenvalue weighted by Crippen LogP contribution is 2.34. The summed E-state index contributed by atoms with van der Waals surface area (Å²) in [5.41, 5.74) is 13.7. The first kappa shape index (κ1) is 26.8. The molecule has 0 radical (unpaired) electrons. The smallest absolute Gasteiger partial charge is 0.270 e. The first-order valence-corrected chi connectivity index (χ1v) is 11.5. The number of primary amides is 1. The fraction of sp³-hybridized carbons (Fsp3) is 0.440. The SMILES string of the molecule is C/C(N)=C(/C(=N)CO)c1ccc(C(NC(=O)c2ccnn2C)C2CCCCCC2)cc1.NC=O. The Morgan fingerprint density at radius 3 is 2.29 bits per heavy atom. The van der Waals surface area contributed by atoms with E-state index in [4.69, 9.17) is 15.9 Å². The van der Waals surface area contributed by atoms with Crippen molar-refractivity contribution in [3.63, 3.8) is 0 Å². The van der Waals surface area contributed by atoms with Gasteiger partial charge in [-0.15, -0.1) is 0 Å². The summed E-state index contributed by atoms with van der Waals surface area (Å²) in [6, 6.07) is 9.48. The molecule has 1 atom stereocenters. The van der Waals surface area contributed by atoms with E-state index in [0.717, 1.165) is 24.0 Å². The van der Waals surface area contributed by atoms with Gasteiger partial charge in [-0.05, 0) is 42.9 Å². The molecule has 184 valence electrons. The van der Waals surface area contributed by atoms with Crippen LogP contribution in [0.3, 0.4) is 0 Å². The second-order valence-electron chi connectivity index (χ2n) is 8.50. The van der Waals surface area contributed by atoms with Crippen LogP contribution < -0.4 is 16.8 Å². The van der Waals surface area contributed by atoms with E-state index >= 15 is 0 Å². The number of hydrogen-bond acceptors (Lipinski definition) is 6. The van der Waals surface area contributed by atoms with Crippen molar-refractivity contribution in [2.24, 2.45) is 24.4 Å². The third kappa shape index (κ3) is 7.02. The van der Waals surface area contributed by atoms with Crippen LogP contribution in [0, 0.1) is 11.3 Å². The molecule has 34 heavy (non-hydrogen) atoms. The number of aliphatic hydroxyl groups is 1. The van der Waals surface area contributed by atoms with Crippen LogP contribution in [0.1, 0.15) is 73.1 Å². The number of nitrogens with two attached hydrogens (primary N) is 2. The first-order valence-electron chi connectivity index (χ1n) is 11.5. The Morgan fingerprint density at radius 1 is 1.24 bits per heavy atom. The second-order valence-corrected chi connectivity index (χ2v) is 8.50. The number of benzene rings is 1. The number of aliphatic hydroxyl groups excluding tert-OH is 1. The lowest BCUT2D eigenvalue weighted by Gasteiger charge is -2.28. The van der Waals surface area contributed by atoms with E-state index in [-0.39, 0.29) is 30.7 Å². The first-order chi connectivity index (χ1) is 16.3. The molecule has 0 spiro atoms. The Labute approximate surface area is 200 Å². The molecule has 1 unspecified atom stereocenters. The number of amides is 2. The monoisotopic (exact) mass is 468 g/mol. The predicted octanol–water partition coefficient (Wildman–Crippen LogP) is 2.66. The van der Waals surface area contributed by atoms with Crippen molar-refractivity contribution in [3.8, 4) is 0 Å². The zero-order valence-corrected chi connectivity index (χ0v) is 20.0. The van der Waals surface area contributed by atoms with Crippen LogP contribution in [0.5, 0.6) is 0 Å². The maximum Gasteiger partial charge on any atom is 0.270 e. The number of nitrogens with one attached hydrogen (secondary N) is 2. The molecule has 1 heterocycles. The molecule has 2 amide bonds. The van der Waals surface area contributed by atoms with Crippen molar-refractivity contribution < 1.29 is 14.7 Å². The van der Waals surface area contributed by atoms with E-state index in [1.165, 1.54) is 25.7 Å². The van der Waals surface area contributed by atoms with Crippen molar-refractivity contribution in [2.45, 2.75) is 51.5 Å². The predicted molar refractivity (Wildman–Crippen MR) is 133 cm³/mol. The van der Waals surface area contributed by atoms with E-state index in [1.54, 1.807) is 30.9 Å². The largest absolute Gasteiger partial charge is 0.402 e. The summed E-state index contributed by atoms with van der Waals surface area (Å²) in [5.74, 6) is 0.242. The van der Waals surface area contributed by atoms with Gasteiger partial charge in [0, 0.05) is 24.5 Å². The van der Waals surface area contributed by atoms with Gasteiger partial charge < -0.3 is 27.3 Å². The number of carbonyl (C=O) groups excluding carboxylic acids is 2. The Bertz CT molecular complexity index is 984. The van der Waals surface area contributed by atoms with Crippen LogP contribution in [-0.4, -0.2) is 39.5 Å². The Hall–Kier alpha value is -3.46. The summed E-state index contributed by atoms with van der Waals surface area (Å²) in [4.78, 5) is 21.6. The lowest BCUT2D eigenvalue weighted by molar-refractivity contribution is -0.106. The van der Waals surface area contributed by atoms with Gasteiger partial charge in [-0.3, -0.25) is 14.3 Å². The molecule has 1 aromatic carbocycles. The third-order valence-electron chi connectivity index (χ3n) is 6.12. The van der Waals surface area contributed by atoms with Crippen LogP contribution in [0.25, 0.3) is 5.57 Å². The maximum absolute atomic E-state index is 13.0. The van der Waals surface area contributed by atoms with Crippen LogP contribution in [0.2, 0.25) is 0 Å². The highest BCUT2D eigenvalue weighted by molar-refractivity contribution is 6.23. The molecule has 1 aliphatic carbocycles. The molecule has 1 saturated carbocycles. The Balaban J connectivity index is 0.00000129. The number of hydrogen-bond donors (Lipinski definition) is 5. The average Bonchev–Trinajstić information content (AvgIpc) is 3.07. The minimum absolute atomic E-state index is 0.0950. The molecular formula is C25H36N6O3. The van der Waals surface area contributed by atoms with Crippen molar-refractivity contribution in [2.75, 3.05) is 6.61 Å². The molecule has 1 fully saturated rings. The van der Waals surface area contributed by atoms with Gasteiger partial charge in [0.2, 0.25) is 6.41 Å². The lowest BCUT2D eigenvalue weighted by Crippen LogP contribution is -2.34. The van der Waals surface area contributed by atoms with Crippen LogP contribution in [0.15, 0.2) is 42.2 Å². The molecular weight excluding hydrogens is 432 g/mol. The van der Waals surface area contributed by atoms with Gasteiger partial charge in [-0.2, -0.15) is 5.10 Å². The van der Waals surface area contributed by atoms with Gasteiger partial charge in [0.15, 0.2) is 0 Å². The molecule has 9 heteroatoms. The van der Waals surface area contributed by atoms with E-state index in [9.17, 15) is 9.90 Å². The van der Waals surface area contributed by atoms with Crippen LogP contribution in [0.4, 0.5) is 0 Å². The molecule has 1 aromatic heterocycles. The van der Waals surface area contributed by atoms with Gasteiger partial charge in [-0.25, -0.2) is 0 Å². The maximum atomic E-state index is 13.0. The molecule has 3 rings (SSSR count). The molecule has 2 aromatic rings. The highest BCUT2D eigenvalue weighted by atomic mass is 16.3. The number of aromatic nitrogens is 2. The zero-order valence-electron chi connectivity index (χ0n) is 20.0. The summed E-state index contributed by atoms with van der Waals surface area (Å²) in [7, 11) is 1.77. The summed E-state index contributed by atoms with van der Waals surface area (Å²) < 4.78 is 1.59. The van der Waals surface area contributed by atoms with E-state index in [2.05, 4.69) is 16.1 Å². The fourth-order valence-electron chi connectivity index (χ4n) is 4.51. The number of allylic oxidation sites excluding steroid dienone is 1. The van der Waals surface area contributed by atoms with Gasteiger partial charge >= 0.3 is 0 Å². The topological polar surface area (TPSA) is 160 Å². The van der Waals surface area contributed by atoms with Gasteiger partial charge in [0.25, 0.3) is 5.91 Å². The van der Waals surface area contributed by atoms with Gasteiger partial charge in [0.1, 0.15) is 5.69 Å². The van der Waals surface area contributed by atoms with Crippen molar-refractivity contribution in [1.82, 2.24) is 15.1 Å². The van der Waals surface area contributed by atoms with Crippen LogP contribution >= 0.6 is 0 Å². The average molecular weight is 469 g/mol. The summed E-state index contributed by atoms with van der Waals surface area (Å²) in [6.45, 7) is 1.37. The molecule has 0 bridgehead atoms. The summed E-state index contributed by atoms with van der Waals surface area (Å²) in [5, 5.41) is 24.8. The second kappa shape index (κ2) is 13.3. The standard InChI is InChI=1S/C24H33N5O2.CH3NO/c1-16(25)22(20(26)15-30)17-9-11-19(12-10-17)23(18-7-5-3-4-6-8-18)28-24(31)21-13-14-27-29(21)2;2-1-3/h9-14,18,23,26,30H,3-8,15,25H2,1-2H3,(H,28,31);1H,(H2,2,3)/b22-16-,26-20?;. The van der Waals surface area contributed by atoms with Gasteiger partial charge in [-0.1, -0.05) is 49.9 Å². The third-order valence-corrected chi connectivity index (χ3v) is 6.12. The Kier molecular flexibility index (Phi) is 10.5. The number of carbonyl (C=O) groups is 2. The number of aryl methyl sites for hydroxylation is 1. The summed E-state index contributed by atoms with van der Waals surface area (Å²) in [6.07, 6.45) is 8.88. The minimum atomic E-state index is -0.364. The summed E-state index contributed by atoms with van der Waals surface area (Å²) >= 11 is 0. The number of nitrogens with zero attached hydrogens (tertiary/aromatic N) is 2. The normalized spacial score (nSPS) is 15.7. The fourth-order valence-corrected chi connectivity index (χ4v) is 4.51. The highest BCUT2D eigenvalue weighted by Gasteiger charge is 2.27. The van der Waals surface area contributed by atoms with Crippen molar-refractivity contribution >= 4 is 23.6 Å². The van der Waals surface area contributed by atoms with E-state index in [1.807, 2.05) is 24.3 Å². The van der Waals surface area contributed by atoms with Crippen LogP contribution in [-0.2, 0) is 11.8 Å². The number of rotatable bonds is 7. The molecule has 1 aliphatic rings. The van der Waals surface area contributed by atoms with Crippen molar-refractivity contribution in [3.05, 3.63) is 59.0 Å². The molecule has 9 nitrogen and oxygen atoms in total. The zero-order chi connectivity index (χ0) is 25.1. The Morgan fingerprint density at radius 2 is 1.82 bits per heavy atom. The minimum Gasteiger partial charge on any atom is -0.402 e.